The molecule has 1 heterocycles. The second-order valence-corrected chi connectivity index (χ2v) is 4.49. The van der Waals surface area contributed by atoms with Gasteiger partial charge in [-0.15, -0.1) is 0 Å². The van der Waals surface area contributed by atoms with Gasteiger partial charge in [0.1, 0.15) is 23.8 Å². The predicted octanol–water partition coefficient (Wildman–Crippen LogP) is 4.23. The second-order valence-electron chi connectivity index (χ2n) is 4.49. The first-order chi connectivity index (χ1) is 9.83. The number of nitrogens with zero attached hydrogens (tertiary/aromatic N) is 1. The van der Waals surface area contributed by atoms with E-state index in [1.807, 2.05) is 67.6 Å². The van der Waals surface area contributed by atoms with Gasteiger partial charge < -0.3 is 9.15 Å². The first kappa shape index (κ1) is 12.5. The van der Waals surface area contributed by atoms with Crippen LogP contribution >= 0.6 is 0 Å². The molecule has 1 aromatic heterocycles. The summed E-state index contributed by atoms with van der Waals surface area (Å²) in [6.45, 7) is 2.31. The van der Waals surface area contributed by atoms with Crippen molar-refractivity contribution in [3.05, 3.63) is 72.1 Å². The van der Waals surface area contributed by atoms with Gasteiger partial charge in [0.25, 0.3) is 0 Å². The smallest absolute Gasteiger partial charge is 0.226 e. The molecule has 3 rings (SSSR count). The lowest BCUT2D eigenvalue weighted by Crippen LogP contribution is -1.97. The van der Waals surface area contributed by atoms with Crippen LogP contribution in [0.15, 0.2) is 65.1 Å². The number of hydrogen-bond acceptors (Lipinski definition) is 3. The van der Waals surface area contributed by atoms with Gasteiger partial charge in [-0.2, -0.15) is 0 Å². The van der Waals surface area contributed by atoms with Gasteiger partial charge in [-0.3, -0.25) is 0 Å². The van der Waals surface area contributed by atoms with E-state index in [0.29, 0.717) is 12.5 Å². The van der Waals surface area contributed by atoms with Gasteiger partial charge in [-0.05, 0) is 31.2 Å². The Hall–Kier alpha value is -2.55. The summed E-state index contributed by atoms with van der Waals surface area (Å²) in [4.78, 5) is 4.50. The number of oxazole rings is 1. The van der Waals surface area contributed by atoms with Crippen molar-refractivity contribution >= 4 is 0 Å². The molecule has 0 radical (unpaired) electrons. The lowest BCUT2D eigenvalue weighted by Gasteiger charge is -2.03. The number of rotatable bonds is 4. The molecule has 0 aliphatic carbocycles. The fourth-order valence-electron chi connectivity index (χ4n) is 1.93. The van der Waals surface area contributed by atoms with Crippen molar-refractivity contribution in [2.75, 3.05) is 0 Å². The fourth-order valence-corrected chi connectivity index (χ4v) is 1.93. The molecule has 3 heteroatoms. The topological polar surface area (TPSA) is 35.3 Å². The number of aryl methyl sites for hydroxylation is 1. The zero-order valence-corrected chi connectivity index (χ0v) is 11.2. The standard InChI is InChI=1S/C17H15NO2/c1-13-16(12-19-15-10-6-3-7-11-15)18-17(20-13)14-8-4-2-5-9-14/h2-11H,12H2,1H3. The van der Waals surface area contributed by atoms with Gasteiger partial charge in [0.2, 0.25) is 5.89 Å². The summed E-state index contributed by atoms with van der Waals surface area (Å²) in [7, 11) is 0. The van der Waals surface area contributed by atoms with Gasteiger partial charge in [-0.1, -0.05) is 36.4 Å². The number of ether oxygens (including phenoxy) is 1. The second kappa shape index (κ2) is 5.61. The number of benzene rings is 2. The van der Waals surface area contributed by atoms with E-state index < -0.39 is 0 Å². The van der Waals surface area contributed by atoms with Crippen LogP contribution in [0.25, 0.3) is 11.5 Å². The summed E-state index contributed by atoms with van der Waals surface area (Å²) in [5.74, 6) is 2.26. The Balaban J connectivity index is 1.76. The third-order valence-electron chi connectivity index (χ3n) is 3.03. The molecular formula is C17H15NO2. The molecule has 0 aliphatic heterocycles. The van der Waals surface area contributed by atoms with Crippen LogP contribution in [0.3, 0.4) is 0 Å². The quantitative estimate of drug-likeness (QED) is 0.708. The molecule has 0 saturated heterocycles. The molecule has 2 aromatic carbocycles. The van der Waals surface area contributed by atoms with E-state index in [4.69, 9.17) is 9.15 Å². The van der Waals surface area contributed by atoms with Crippen LogP contribution in [-0.2, 0) is 6.61 Å². The molecule has 0 amide bonds. The monoisotopic (exact) mass is 265 g/mol. The Kier molecular flexibility index (Phi) is 3.50. The largest absolute Gasteiger partial charge is 0.487 e. The average Bonchev–Trinajstić information content (AvgIpc) is 2.88. The maximum absolute atomic E-state index is 5.70. The molecule has 0 aliphatic rings. The van der Waals surface area contributed by atoms with Crippen molar-refractivity contribution in [1.82, 2.24) is 4.98 Å². The first-order valence-corrected chi connectivity index (χ1v) is 6.52. The minimum atomic E-state index is 0.409. The maximum atomic E-state index is 5.70. The van der Waals surface area contributed by atoms with Gasteiger partial charge in [0, 0.05) is 5.56 Å². The summed E-state index contributed by atoms with van der Waals surface area (Å²) in [5, 5.41) is 0. The number of aromatic nitrogens is 1. The van der Waals surface area contributed by atoms with Crippen LogP contribution in [0, 0.1) is 6.92 Å². The van der Waals surface area contributed by atoms with E-state index in [1.165, 1.54) is 0 Å². The molecule has 3 aromatic rings. The van der Waals surface area contributed by atoms with Crippen molar-refractivity contribution in [3.63, 3.8) is 0 Å². The molecule has 0 spiro atoms. The summed E-state index contributed by atoms with van der Waals surface area (Å²) in [5.41, 5.74) is 1.80. The molecule has 0 fully saturated rings. The third-order valence-corrected chi connectivity index (χ3v) is 3.03. The fraction of sp³-hybridized carbons (Fsp3) is 0.118. The summed E-state index contributed by atoms with van der Waals surface area (Å²) in [6, 6.07) is 19.6. The lowest BCUT2D eigenvalue weighted by atomic mass is 10.2. The summed E-state index contributed by atoms with van der Waals surface area (Å²) in [6.07, 6.45) is 0. The molecule has 0 N–H and O–H groups in total. The van der Waals surface area contributed by atoms with E-state index >= 15 is 0 Å². The molecule has 100 valence electrons. The Morgan fingerprint density at radius 3 is 2.30 bits per heavy atom. The van der Waals surface area contributed by atoms with Crippen molar-refractivity contribution in [2.24, 2.45) is 0 Å². The van der Waals surface area contributed by atoms with E-state index in [1.54, 1.807) is 0 Å². The molecule has 0 unspecified atom stereocenters. The van der Waals surface area contributed by atoms with Gasteiger partial charge >= 0.3 is 0 Å². The van der Waals surface area contributed by atoms with E-state index in [0.717, 1.165) is 22.8 Å². The van der Waals surface area contributed by atoms with Crippen LogP contribution in [0.1, 0.15) is 11.5 Å². The zero-order valence-electron chi connectivity index (χ0n) is 11.2. The number of para-hydroxylation sites is 1. The molecule has 0 atom stereocenters. The number of hydrogen-bond donors (Lipinski definition) is 0. The minimum absolute atomic E-state index is 0.409. The molecule has 20 heavy (non-hydrogen) atoms. The average molecular weight is 265 g/mol. The zero-order chi connectivity index (χ0) is 13.8. The van der Waals surface area contributed by atoms with Gasteiger partial charge in [-0.25, -0.2) is 4.98 Å². The maximum Gasteiger partial charge on any atom is 0.226 e. The molecular weight excluding hydrogens is 250 g/mol. The SMILES string of the molecule is Cc1oc(-c2ccccc2)nc1COc1ccccc1. The summed E-state index contributed by atoms with van der Waals surface area (Å²) < 4.78 is 11.4. The predicted molar refractivity (Wildman–Crippen MR) is 77.5 cm³/mol. The third kappa shape index (κ3) is 2.72. The van der Waals surface area contributed by atoms with Crippen LogP contribution in [-0.4, -0.2) is 4.98 Å². The molecule has 0 saturated carbocycles. The van der Waals surface area contributed by atoms with Crippen molar-refractivity contribution in [2.45, 2.75) is 13.5 Å². The highest BCUT2D eigenvalue weighted by atomic mass is 16.5. The van der Waals surface area contributed by atoms with E-state index in [-0.39, 0.29) is 0 Å². The minimum Gasteiger partial charge on any atom is -0.487 e. The molecule has 3 nitrogen and oxygen atoms in total. The lowest BCUT2D eigenvalue weighted by molar-refractivity contribution is 0.299. The van der Waals surface area contributed by atoms with Crippen molar-refractivity contribution in [1.29, 1.82) is 0 Å². The van der Waals surface area contributed by atoms with Crippen LogP contribution in [0.5, 0.6) is 5.75 Å². The Bertz CT molecular complexity index is 675. The normalized spacial score (nSPS) is 10.4. The van der Waals surface area contributed by atoms with Crippen LogP contribution in [0.2, 0.25) is 0 Å². The Morgan fingerprint density at radius 2 is 1.60 bits per heavy atom. The Morgan fingerprint density at radius 1 is 0.950 bits per heavy atom. The van der Waals surface area contributed by atoms with Crippen LogP contribution in [0.4, 0.5) is 0 Å². The highest BCUT2D eigenvalue weighted by Crippen LogP contribution is 2.22. The summed E-state index contributed by atoms with van der Waals surface area (Å²) >= 11 is 0. The van der Waals surface area contributed by atoms with E-state index in [9.17, 15) is 0 Å². The molecule has 0 bridgehead atoms. The van der Waals surface area contributed by atoms with Crippen LogP contribution < -0.4 is 4.74 Å². The van der Waals surface area contributed by atoms with E-state index in [2.05, 4.69) is 4.98 Å². The van der Waals surface area contributed by atoms with Gasteiger partial charge in [0.05, 0.1) is 0 Å². The highest BCUT2D eigenvalue weighted by molar-refractivity contribution is 5.53. The first-order valence-electron chi connectivity index (χ1n) is 6.52. The highest BCUT2D eigenvalue weighted by Gasteiger charge is 2.11. The van der Waals surface area contributed by atoms with Crippen molar-refractivity contribution in [3.8, 4) is 17.2 Å². The Labute approximate surface area is 117 Å². The van der Waals surface area contributed by atoms with Gasteiger partial charge in [0.15, 0.2) is 0 Å². The van der Waals surface area contributed by atoms with Crippen molar-refractivity contribution < 1.29 is 9.15 Å².